The fraction of sp³-hybridized carbons (Fsp3) is 0.625. The second kappa shape index (κ2) is 11.6. The first-order chi connectivity index (χ1) is 13.2. The molecule has 1 aliphatic heterocycles. The van der Waals surface area contributed by atoms with Crippen LogP contribution in [0.25, 0.3) is 0 Å². The molecule has 0 spiro atoms. The summed E-state index contributed by atoms with van der Waals surface area (Å²) in [6.45, 7) is -0.590. The van der Waals surface area contributed by atoms with Crippen LogP contribution in [0.3, 0.4) is 0 Å². The predicted molar refractivity (Wildman–Crippen MR) is 98.1 cm³/mol. The Bertz CT molecular complexity index is 646. The lowest BCUT2D eigenvalue weighted by Crippen LogP contribution is -2.49. The maximum Gasteiger partial charge on any atom is 0.304 e. The van der Waals surface area contributed by atoms with Gasteiger partial charge in [-0.2, -0.15) is 0 Å². The van der Waals surface area contributed by atoms with Crippen LogP contribution in [0.4, 0.5) is 0 Å². The molecule has 1 saturated heterocycles. The van der Waals surface area contributed by atoms with Gasteiger partial charge in [0.1, 0.15) is 6.04 Å². The summed E-state index contributed by atoms with van der Waals surface area (Å²) in [5, 5.41) is 16.5. The summed E-state index contributed by atoms with van der Waals surface area (Å²) in [4.78, 5) is 63.2. The second-order valence-electron chi connectivity index (χ2n) is 6.39. The first-order valence-corrected chi connectivity index (χ1v) is 8.78. The Labute approximate surface area is 161 Å². The fourth-order valence-electron chi connectivity index (χ4n) is 2.63. The zero-order chi connectivity index (χ0) is 21.1. The number of aliphatic carboxylic acids is 1. The summed E-state index contributed by atoms with van der Waals surface area (Å²) in [5.41, 5.74) is 10.5. The molecule has 0 aromatic rings. The summed E-state index contributed by atoms with van der Waals surface area (Å²) in [7, 11) is 0. The lowest BCUT2D eigenvalue weighted by Gasteiger charge is -2.18. The van der Waals surface area contributed by atoms with E-state index in [0.29, 0.717) is 6.42 Å². The van der Waals surface area contributed by atoms with Crippen molar-refractivity contribution in [3.05, 3.63) is 0 Å². The van der Waals surface area contributed by atoms with Gasteiger partial charge in [0.2, 0.25) is 11.8 Å². The number of Topliss-reactive ketones (excluding diaryl/α,β-unsaturated/α-hetero) is 2. The van der Waals surface area contributed by atoms with Crippen molar-refractivity contribution < 1.29 is 29.1 Å². The molecule has 2 amide bonds. The van der Waals surface area contributed by atoms with Crippen molar-refractivity contribution in [1.82, 2.24) is 16.0 Å². The maximum atomic E-state index is 12.3. The quantitative estimate of drug-likeness (QED) is 0.152. The number of aliphatic imine (C=N–C) groups is 1. The first-order valence-electron chi connectivity index (χ1n) is 8.78. The first kappa shape index (κ1) is 23.0. The minimum Gasteiger partial charge on any atom is -0.481 e. The Kier molecular flexibility index (Phi) is 9.57. The van der Waals surface area contributed by atoms with Gasteiger partial charge in [-0.15, -0.1) is 0 Å². The van der Waals surface area contributed by atoms with E-state index in [-0.39, 0.29) is 45.0 Å². The number of amides is 2. The van der Waals surface area contributed by atoms with Crippen LogP contribution in [0.1, 0.15) is 25.7 Å². The van der Waals surface area contributed by atoms with Crippen LogP contribution < -0.4 is 27.4 Å². The number of rotatable bonds is 6. The molecule has 1 aliphatic rings. The van der Waals surface area contributed by atoms with E-state index in [1.54, 1.807) is 0 Å². The van der Waals surface area contributed by atoms with E-state index in [4.69, 9.17) is 16.6 Å². The number of nitrogens with zero attached hydrogens (tertiary/aromatic N) is 1. The van der Waals surface area contributed by atoms with Gasteiger partial charge in [0.05, 0.1) is 26.1 Å². The van der Waals surface area contributed by atoms with Crippen LogP contribution in [0.5, 0.6) is 0 Å². The summed E-state index contributed by atoms with van der Waals surface area (Å²) in [5.74, 6) is -4.35. The number of carbonyl (C=O) groups is 5. The van der Waals surface area contributed by atoms with E-state index in [9.17, 15) is 24.0 Å². The van der Waals surface area contributed by atoms with E-state index < -0.39 is 47.7 Å². The van der Waals surface area contributed by atoms with E-state index in [1.165, 1.54) is 0 Å². The second-order valence-corrected chi connectivity index (χ2v) is 6.39. The van der Waals surface area contributed by atoms with E-state index in [1.807, 2.05) is 0 Å². The minimum absolute atomic E-state index is 0.0844. The lowest BCUT2D eigenvalue weighted by molar-refractivity contribution is -0.141. The van der Waals surface area contributed by atoms with E-state index in [0.717, 1.165) is 0 Å². The van der Waals surface area contributed by atoms with Gasteiger partial charge in [0.15, 0.2) is 17.5 Å². The van der Waals surface area contributed by atoms with E-state index in [2.05, 4.69) is 20.9 Å². The molecule has 12 nitrogen and oxygen atoms in total. The number of carboxylic acids is 1. The van der Waals surface area contributed by atoms with Gasteiger partial charge in [0.25, 0.3) is 0 Å². The maximum absolute atomic E-state index is 12.3. The zero-order valence-corrected chi connectivity index (χ0v) is 15.4. The molecule has 0 radical (unpaired) electrons. The fourth-order valence-corrected chi connectivity index (χ4v) is 2.63. The molecule has 1 heterocycles. The van der Waals surface area contributed by atoms with Gasteiger partial charge in [-0.3, -0.25) is 29.0 Å². The van der Waals surface area contributed by atoms with Crippen molar-refractivity contribution in [2.45, 2.75) is 31.7 Å². The van der Waals surface area contributed by atoms with Crippen LogP contribution in [-0.4, -0.2) is 72.6 Å². The van der Waals surface area contributed by atoms with Gasteiger partial charge in [-0.25, -0.2) is 0 Å². The van der Waals surface area contributed by atoms with E-state index >= 15 is 0 Å². The summed E-state index contributed by atoms with van der Waals surface area (Å²) >= 11 is 0. The molecule has 28 heavy (non-hydrogen) atoms. The molecule has 0 saturated carbocycles. The Balaban J connectivity index is 2.80. The molecule has 8 N–H and O–H groups in total. The SMILES string of the molecule is NC(N)=NCCC[C@@H]1NC(=O)CNCC(=O)[C@H](CC(=O)O)CC(=O)CNC1=O. The Morgan fingerprint density at radius 2 is 1.86 bits per heavy atom. The largest absolute Gasteiger partial charge is 0.481 e. The molecule has 2 atom stereocenters. The number of ketones is 2. The van der Waals surface area contributed by atoms with Gasteiger partial charge < -0.3 is 32.5 Å². The summed E-state index contributed by atoms with van der Waals surface area (Å²) in [6, 6.07) is -0.900. The van der Waals surface area contributed by atoms with Crippen LogP contribution in [0.2, 0.25) is 0 Å². The zero-order valence-electron chi connectivity index (χ0n) is 15.4. The Morgan fingerprint density at radius 1 is 1.14 bits per heavy atom. The van der Waals surface area contributed by atoms with Crippen molar-refractivity contribution >= 4 is 35.3 Å². The van der Waals surface area contributed by atoms with Gasteiger partial charge >= 0.3 is 5.97 Å². The molecule has 0 bridgehead atoms. The van der Waals surface area contributed by atoms with Crippen LogP contribution in [0, 0.1) is 5.92 Å². The van der Waals surface area contributed by atoms with Crippen LogP contribution in [-0.2, 0) is 24.0 Å². The van der Waals surface area contributed by atoms with Crippen LogP contribution >= 0.6 is 0 Å². The molecular weight excluding hydrogens is 372 g/mol. The molecule has 0 aliphatic carbocycles. The number of carbonyl (C=O) groups excluding carboxylic acids is 4. The number of guanidine groups is 1. The summed E-state index contributed by atoms with van der Waals surface area (Å²) < 4.78 is 0. The molecular formula is C16H26N6O6. The molecule has 156 valence electrons. The number of hydrogen-bond donors (Lipinski definition) is 6. The standard InChI is InChI=1S/C16H26N6O6/c17-16(18)20-3-1-2-11-15(28)21-6-10(23)4-9(5-14(26)27)12(24)7-19-8-13(25)22-11/h9,11,19H,1-8H2,(H,21,28)(H,22,25)(H,26,27)(H4,17,18,20)/t9-,11-/m0/s1. The van der Waals surface area contributed by atoms with Gasteiger partial charge in [-0.1, -0.05) is 0 Å². The predicted octanol–water partition coefficient (Wildman–Crippen LogP) is -3.14. The normalized spacial score (nSPS) is 22.1. The smallest absolute Gasteiger partial charge is 0.304 e. The molecule has 12 heteroatoms. The molecule has 0 aromatic carbocycles. The number of carboxylic acid groups (broad SMARTS) is 1. The third-order valence-corrected chi connectivity index (χ3v) is 3.99. The summed E-state index contributed by atoms with van der Waals surface area (Å²) in [6.07, 6.45) is -0.149. The lowest BCUT2D eigenvalue weighted by atomic mass is 9.94. The van der Waals surface area contributed by atoms with Crippen LogP contribution in [0.15, 0.2) is 4.99 Å². The molecule has 0 unspecified atom stereocenters. The third kappa shape index (κ3) is 9.07. The van der Waals surface area contributed by atoms with Crippen molar-refractivity contribution in [3.8, 4) is 0 Å². The molecule has 1 fully saturated rings. The Hall–Kier alpha value is -3.02. The number of hydrogen-bond acceptors (Lipinski definition) is 7. The number of nitrogens with two attached hydrogens (primary N) is 2. The Morgan fingerprint density at radius 3 is 2.50 bits per heavy atom. The monoisotopic (exact) mass is 398 g/mol. The highest BCUT2D eigenvalue weighted by Gasteiger charge is 2.27. The molecule has 1 rings (SSSR count). The van der Waals surface area contributed by atoms with Crippen molar-refractivity contribution in [1.29, 1.82) is 0 Å². The highest BCUT2D eigenvalue weighted by atomic mass is 16.4. The van der Waals surface area contributed by atoms with Gasteiger partial charge in [-0.05, 0) is 12.8 Å². The topological polar surface area (TPSA) is 206 Å². The number of nitrogens with one attached hydrogen (secondary N) is 3. The highest BCUT2D eigenvalue weighted by Crippen LogP contribution is 2.11. The molecule has 0 aromatic heterocycles. The highest BCUT2D eigenvalue weighted by molar-refractivity contribution is 5.95. The van der Waals surface area contributed by atoms with Gasteiger partial charge in [0, 0.05) is 18.9 Å². The average Bonchev–Trinajstić information content (AvgIpc) is 2.60. The van der Waals surface area contributed by atoms with Crippen molar-refractivity contribution in [2.24, 2.45) is 22.4 Å². The van der Waals surface area contributed by atoms with Crippen molar-refractivity contribution in [3.63, 3.8) is 0 Å². The third-order valence-electron chi connectivity index (χ3n) is 3.99. The minimum atomic E-state index is -1.21. The van der Waals surface area contributed by atoms with Crippen molar-refractivity contribution in [2.75, 3.05) is 26.2 Å². The average molecular weight is 398 g/mol.